The number of nitrogens with zero attached hydrogens (tertiary/aromatic N) is 3. The van der Waals surface area contributed by atoms with Gasteiger partial charge in [0.25, 0.3) is 18.5 Å². The van der Waals surface area contributed by atoms with Crippen LogP contribution in [0.3, 0.4) is 0 Å². The molecule has 1 atom stereocenters. The van der Waals surface area contributed by atoms with Crippen molar-refractivity contribution in [2.45, 2.75) is 32.0 Å². The molecule has 0 bridgehead atoms. The number of carbonyl (C=O) groups is 1. The van der Waals surface area contributed by atoms with Gasteiger partial charge in [0.2, 0.25) is 5.91 Å². The second-order valence-electron chi connectivity index (χ2n) is 7.31. The van der Waals surface area contributed by atoms with Gasteiger partial charge in [-0.3, -0.25) is 19.6 Å². The summed E-state index contributed by atoms with van der Waals surface area (Å²) in [4.78, 5) is 23.1. The molecule has 36 heavy (non-hydrogen) atoms. The summed E-state index contributed by atoms with van der Waals surface area (Å²) >= 11 is 0. The first-order valence-corrected chi connectivity index (χ1v) is 9.87. The van der Waals surface area contributed by atoms with Crippen LogP contribution < -0.4 is 10.1 Å². The molecular weight excluding hydrogens is 505 g/mol. The van der Waals surface area contributed by atoms with Crippen molar-refractivity contribution in [3.8, 4) is 11.5 Å². The number of aromatic nitrogens is 2. The number of nitrogens with one attached hydrogen (secondary N) is 1. The second kappa shape index (κ2) is 10.2. The van der Waals surface area contributed by atoms with Crippen molar-refractivity contribution in [1.29, 1.82) is 0 Å². The van der Waals surface area contributed by atoms with Gasteiger partial charge in [0.1, 0.15) is 28.9 Å². The summed E-state index contributed by atoms with van der Waals surface area (Å²) in [5.74, 6) is -1.68. The van der Waals surface area contributed by atoms with Crippen molar-refractivity contribution >= 4 is 17.3 Å². The summed E-state index contributed by atoms with van der Waals surface area (Å²) < 4.78 is 96.8. The van der Waals surface area contributed by atoms with Crippen molar-refractivity contribution in [3.63, 3.8) is 0 Å². The minimum Gasteiger partial charge on any atom is -0.457 e. The number of nitro groups is 1. The van der Waals surface area contributed by atoms with Crippen molar-refractivity contribution < 1.29 is 45.2 Å². The zero-order valence-corrected chi connectivity index (χ0v) is 18.0. The summed E-state index contributed by atoms with van der Waals surface area (Å²) in [7, 11) is 0. The number of alkyl halides is 7. The van der Waals surface area contributed by atoms with E-state index in [4.69, 9.17) is 4.74 Å². The van der Waals surface area contributed by atoms with Gasteiger partial charge in [0, 0.05) is 12.1 Å². The first-order chi connectivity index (χ1) is 16.8. The van der Waals surface area contributed by atoms with E-state index in [0.717, 1.165) is 37.3 Å². The van der Waals surface area contributed by atoms with E-state index in [2.05, 4.69) is 10.4 Å². The first-order valence-electron chi connectivity index (χ1n) is 9.87. The van der Waals surface area contributed by atoms with E-state index in [0.29, 0.717) is 16.8 Å². The number of hydrogen-bond acceptors (Lipinski definition) is 5. The Morgan fingerprint density at radius 3 is 2.33 bits per heavy atom. The Balaban J connectivity index is 1.89. The minimum atomic E-state index is -4.68. The normalized spacial score (nSPS) is 12.6. The number of halogens is 7. The van der Waals surface area contributed by atoms with Gasteiger partial charge in [-0.1, -0.05) is 6.07 Å². The molecule has 2 aromatic carbocycles. The lowest BCUT2D eigenvalue weighted by Gasteiger charge is -2.16. The van der Waals surface area contributed by atoms with Crippen LogP contribution in [0, 0.1) is 10.1 Å². The standard InChI is InChI=1S/C21H15F7N4O4/c1-10(31-17(19(24)25)9-16(30-31)18(22)23)20(33)29-12-6-13(32(34)35)8-15(7-12)36-14-4-2-3-11(5-14)21(26,27)28/h2-10,18-19H,1H3,(H,29,33). The number of nitro benzene ring substituents is 1. The van der Waals surface area contributed by atoms with Crippen LogP contribution in [0.25, 0.3) is 0 Å². The molecule has 3 rings (SSSR count). The molecule has 1 N–H and O–H groups in total. The fraction of sp³-hybridized carbons (Fsp3) is 0.238. The number of hydrogen-bond donors (Lipinski definition) is 1. The van der Waals surface area contributed by atoms with Gasteiger partial charge in [0.05, 0.1) is 22.2 Å². The molecule has 0 saturated carbocycles. The van der Waals surface area contributed by atoms with Crippen LogP contribution in [0.5, 0.6) is 11.5 Å². The average Bonchev–Trinajstić information content (AvgIpc) is 3.24. The topological polar surface area (TPSA) is 99.3 Å². The Morgan fingerprint density at radius 1 is 1.06 bits per heavy atom. The molecule has 0 spiro atoms. The van der Waals surface area contributed by atoms with Crippen molar-refractivity contribution in [2.75, 3.05) is 5.32 Å². The Hall–Kier alpha value is -4.17. The van der Waals surface area contributed by atoms with E-state index in [1.165, 1.54) is 6.07 Å². The summed E-state index contributed by atoms with van der Waals surface area (Å²) in [5.41, 5.74) is -3.85. The molecule has 15 heteroatoms. The predicted molar refractivity (Wildman–Crippen MR) is 110 cm³/mol. The van der Waals surface area contributed by atoms with Gasteiger partial charge < -0.3 is 10.1 Å². The second-order valence-corrected chi connectivity index (χ2v) is 7.31. The monoisotopic (exact) mass is 520 g/mol. The zero-order chi connectivity index (χ0) is 26.8. The summed E-state index contributed by atoms with van der Waals surface area (Å²) in [6.45, 7) is 1.08. The lowest BCUT2D eigenvalue weighted by Crippen LogP contribution is -2.26. The van der Waals surface area contributed by atoms with Crippen LogP contribution in [0.1, 0.15) is 42.8 Å². The molecular formula is C21H15F7N4O4. The van der Waals surface area contributed by atoms with Gasteiger partial charge >= 0.3 is 6.18 Å². The summed E-state index contributed by atoms with van der Waals surface area (Å²) in [6.07, 6.45) is -11.1. The van der Waals surface area contributed by atoms with Crippen molar-refractivity contribution in [3.05, 3.63) is 75.6 Å². The lowest BCUT2D eigenvalue weighted by molar-refractivity contribution is -0.384. The smallest absolute Gasteiger partial charge is 0.416 e. The van der Waals surface area contributed by atoms with Gasteiger partial charge in [-0.05, 0) is 31.2 Å². The molecule has 0 radical (unpaired) electrons. The molecule has 0 fully saturated rings. The highest BCUT2D eigenvalue weighted by Gasteiger charge is 2.31. The van der Waals surface area contributed by atoms with E-state index in [1.54, 1.807) is 0 Å². The van der Waals surface area contributed by atoms with Crippen LogP contribution in [0.15, 0.2) is 48.5 Å². The van der Waals surface area contributed by atoms with Crippen LogP contribution in [0.4, 0.5) is 42.1 Å². The largest absolute Gasteiger partial charge is 0.457 e. The number of non-ortho nitro benzene ring substituents is 1. The van der Waals surface area contributed by atoms with E-state index in [-0.39, 0.29) is 17.2 Å². The summed E-state index contributed by atoms with van der Waals surface area (Å²) in [5, 5.41) is 16.8. The van der Waals surface area contributed by atoms with Crippen LogP contribution in [-0.2, 0) is 11.0 Å². The van der Waals surface area contributed by atoms with Crippen LogP contribution in [0.2, 0.25) is 0 Å². The van der Waals surface area contributed by atoms with Gasteiger partial charge in [0.15, 0.2) is 0 Å². The van der Waals surface area contributed by atoms with E-state index < -0.39 is 58.5 Å². The third-order valence-electron chi connectivity index (χ3n) is 4.74. The molecule has 1 amide bonds. The van der Waals surface area contributed by atoms with Gasteiger partial charge in [-0.2, -0.15) is 18.3 Å². The Labute approximate surface area is 197 Å². The molecule has 0 saturated heterocycles. The maximum Gasteiger partial charge on any atom is 0.416 e. The van der Waals surface area contributed by atoms with E-state index >= 15 is 0 Å². The fourth-order valence-corrected chi connectivity index (χ4v) is 3.06. The number of amides is 1. The van der Waals surface area contributed by atoms with E-state index in [9.17, 15) is 45.6 Å². The Bertz CT molecular complexity index is 1280. The maximum absolute atomic E-state index is 13.3. The Morgan fingerprint density at radius 2 is 1.75 bits per heavy atom. The van der Waals surface area contributed by atoms with Crippen LogP contribution >= 0.6 is 0 Å². The third-order valence-corrected chi connectivity index (χ3v) is 4.74. The van der Waals surface area contributed by atoms with Crippen molar-refractivity contribution in [1.82, 2.24) is 9.78 Å². The molecule has 3 aromatic rings. The molecule has 0 aliphatic carbocycles. The average molecular weight is 520 g/mol. The predicted octanol–water partition coefficient (Wildman–Crippen LogP) is 6.68. The molecule has 0 aliphatic rings. The van der Waals surface area contributed by atoms with Gasteiger partial charge in [-0.25, -0.2) is 17.6 Å². The SMILES string of the molecule is CC(C(=O)Nc1cc(Oc2cccc(C(F)(F)F)c2)cc([N+](=O)[O-])c1)n1nc(C(F)F)cc1C(F)F. The highest BCUT2D eigenvalue weighted by atomic mass is 19.4. The van der Waals surface area contributed by atoms with E-state index in [1.807, 2.05) is 0 Å². The highest BCUT2D eigenvalue weighted by Crippen LogP contribution is 2.35. The third kappa shape index (κ3) is 6.09. The minimum absolute atomic E-state index is 0.275. The van der Waals surface area contributed by atoms with Gasteiger partial charge in [-0.15, -0.1) is 0 Å². The molecule has 1 unspecified atom stereocenters. The van der Waals surface area contributed by atoms with Crippen molar-refractivity contribution in [2.24, 2.45) is 0 Å². The highest BCUT2D eigenvalue weighted by molar-refractivity contribution is 5.94. The number of anilines is 1. The summed E-state index contributed by atoms with van der Waals surface area (Å²) in [6, 6.07) is 5.37. The first kappa shape index (κ1) is 26.4. The maximum atomic E-state index is 13.3. The molecule has 1 aromatic heterocycles. The van der Waals surface area contributed by atoms with Crippen LogP contribution in [-0.4, -0.2) is 20.6 Å². The molecule has 192 valence electrons. The number of carbonyl (C=O) groups excluding carboxylic acids is 1. The lowest BCUT2D eigenvalue weighted by atomic mass is 10.2. The fourth-order valence-electron chi connectivity index (χ4n) is 3.06. The number of rotatable bonds is 8. The zero-order valence-electron chi connectivity index (χ0n) is 18.0. The Kier molecular flexibility index (Phi) is 7.50. The molecule has 1 heterocycles. The number of benzene rings is 2. The molecule has 8 nitrogen and oxygen atoms in total. The number of ether oxygens (including phenoxy) is 1. The quantitative estimate of drug-likeness (QED) is 0.203. The molecule has 0 aliphatic heterocycles.